The molecule has 0 N–H and O–H groups in total. The smallest absolute Gasteiger partial charge is 0.309 e. The SMILES string of the molecule is COC(=O)C(C)CN(C)CC(=O)N(C)Cc1ccc(C)o1. The second-order valence-corrected chi connectivity index (χ2v) is 5.38. The molecule has 0 fully saturated rings. The fourth-order valence-corrected chi connectivity index (χ4v) is 2.05. The maximum atomic E-state index is 12.1. The van der Waals surface area contributed by atoms with Crippen LogP contribution in [0.2, 0.25) is 0 Å². The summed E-state index contributed by atoms with van der Waals surface area (Å²) >= 11 is 0. The van der Waals surface area contributed by atoms with Crippen molar-refractivity contribution in [1.82, 2.24) is 9.80 Å². The number of carbonyl (C=O) groups is 2. The molecule has 1 heterocycles. The van der Waals surface area contributed by atoms with E-state index in [1.54, 1.807) is 18.9 Å². The first kappa shape index (κ1) is 17.2. The van der Waals surface area contributed by atoms with Crippen molar-refractivity contribution in [3.8, 4) is 0 Å². The van der Waals surface area contributed by atoms with Gasteiger partial charge in [0.1, 0.15) is 11.5 Å². The summed E-state index contributed by atoms with van der Waals surface area (Å²) in [5.41, 5.74) is 0. The number of likely N-dealkylation sites (N-methyl/N-ethyl adjacent to an activating group) is 2. The third kappa shape index (κ3) is 5.59. The molecule has 0 saturated carbocycles. The van der Waals surface area contributed by atoms with Crippen LogP contribution in [0.3, 0.4) is 0 Å². The van der Waals surface area contributed by atoms with Crippen molar-refractivity contribution in [2.75, 3.05) is 34.3 Å². The number of nitrogens with zero attached hydrogens (tertiary/aromatic N) is 2. The van der Waals surface area contributed by atoms with Crippen molar-refractivity contribution >= 4 is 11.9 Å². The number of hydrogen-bond donors (Lipinski definition) is 0. The number of methoxy groups -OCH3 is 1. The molecule has 0 bridgehead atoms. The highest BCUT2D eigenvalue weighted by Gasteiger charge is 2.18. The summed E-state index contributed by atoms with van der Waals surface area (Å²) in [7, 11) is 4.91. The fourth-order valence-electron chi connectivity index (χ4n) is 2.05. The first-order chi connectivity index (χ1) is 9.83. The Morgan fingerprint density at radius 2 is 2.00 bits per heavy atom. The first-order valence-electron chi connectivity index (χ1n) is 6.89. The number of hydrogen-bond acceptors (Lipinski definition) is 5. The lowest BCUT2D eigenvalue weighted by atomic mass is 10.2. The minimum atomic E-state index is -0.270. The summed E-state index contributed by atoms with van der Waals surface area (Å²) in [5, 5.41) is 0. The van der Waals surface area contributed by atoms with Gasteiger partial charge in [0.15, 0.2) is 0 Å². The molecule has 118 valence electrons. The molecule has 0 aliphatic carbocycles. The van der Waals surface area contributed by atoms with Gasteiger partial charge in [-0.25, -0.2) is 0 Å². The Bertz CT molecular complexity index is 484. The molecule has 1 aromatic rings. The van der Waals surface area contributed by atoms with Crippen LogP contribution in [0, 0.1) is 12.8 Å². The Morgan fingerprint density at radius 3 is 2.52 bits per heavy atom. The number of rotatable bonds is 7. The molecule has 1 aromatic heterocycles. The highest BCUT2D eigenvalue weighted by atomic mass is 16.5. The van der Waals surface area contributed by atoms with Crippen LogP contribution in [0.5, 0.6) is 0 Å². The summed E-state index contributed by atoms with van der Waals surface area (Å²) in [6.45, 7) is 4.81. The average molecular weight is 296 g/mol. The summed E-state index contributed by atoms with van der Waals surface area (Å²) < 4.78 is 10.1. The molecule has 0 aliphatic heterocycles. The van der Waals surface area contributed by atoms with Crippen molar-refractivity contribution in [2.45, 2.75) is 20.4 Å². The molecule has 1 unspecified atom stereocenters. The number of amides is 1. The van der Waals surface area contributed by atoms with Crippen LogP contribution in [0.25, 0.3) is 0 Å². The topological polar surface area (TPSA) is 63.0 Å². The minimum absolute atomic E-state index is 0.0244. The van der Waals surface area contributed by atoms with Gasteiger partial charge in [-0.15, -0.1) is 0 Å². The van der Waals surface area contributed by atoms with Gasteiger partial charge in [-0.3, -0.25) is 14.5 Å². The Labute approximate surface area is 125 Å². The molecule has 0 aromatic carbocycles. The lowest BCUT2D eigenvalue weighted by Gasteiger charge is -2.22. The Morgan fingerprint density at radius 1 is 1.33 bits per heavy atom. The molecule has 6 heteroatoms. The molecule has 0 spiro atoms. The maximum absolute atomic E-state index is 12.1. The van der Waals surface area contributed by atoms with Gasteiger partial charge in [0.25, 0.3) is 0 Å². The zero-order valence-electron chi connectivity index (χ0n) is 13.4. The monoisotopic (exact) mass is 296 g/mol. The molecule has 21 heavy (non-hydrogen) atoms. The van der Waals surface area contributed by atoms with Gasteiger partial charge in [0.2, 0.25) is 5.91 Å². The molecule has 6 nitrogen and oxygen atoms in total. The maximum Gasteiger partial charge on any atom is 0.309 e. The number of aryl methyl sites for hydroxylation is 1. The zero-order valence-corrected chi connectivity index (χ0v) is 13.4. The van der Waals surface area contributed by atoms with Gasteiger partial charge in [0, 0.05) is 13.6 Å². The third-order valence-electron chi connectivity index (χ3n) is 3.21. The van der Waals surface area contributed by atoms with Crippen molar-refractivity contribution in [3.05, 3.63) is 23.7 Å². The predicted molar refractivity (Wildman–Crippen MR) is 78.6 cm³/mol. The summed E-state index contributed by atoms with van der Waals surface area (Å²) in [6, 6.07) is 3.74. The van der Waals surface area contributed by atoms with Crippen LogP contribution >= 0.6 is 0 Å². The predicted octanol–water partition coefficient (Wildman–Crippen LogP) is 1.29. The van der Waals surface area contributed by atoms with Crippen LogP contribution < -0.4 is 0 Å². The quantitative estimate of drug-likeness (QED) is 0.709. The molecule has 1 atom stereocenters. The lowest BCUT2D eigenvalue weighted by Crippen LogP contribution is -2.39. The van der Waals surface area contributed by atoms with Gasteiger partial charge in [-0.1, -0.05) is 6.92 Å². The number of carbonyl (C=O) groups excluding carboxylic acids is 2. The van der Waals surface area contributed by atoms with E-state index in [4.69, 9.17) is 4.42 Å². The zero-order chi connectivity index (χ0) is 16.0. The molecule has 0 radical (unpaired) electrons. The van der Waals surface area contributed by atoms with Gasteiger partial charge >= 0.3 is 5.97 Å². The van der Waals surface area contributed by atoms with Crippen molar-refractivity contribution < 1.29 is 18.7 Å². The molecule has 1 amide bonds. The normalized spacial score (nSPS) is 12.3. The number of ether oxygens (including phenoxy) is 1. The highest BCUT2D eigenvalue weighted by Crippen LogP contribution is 2.09. The van der Waals surface area contributed by atoms with Crippen LogP contribution in [-0.4, -0.2) is 56.0 Å². The van der Waals surface area contributed by atoms with E-state index in [0.29, 0.717) is 13.1 Å². The van der Waals surface area contributed by atoms with Crippen LogP contribution in [0.4, 0.5) is 0 Å². The van der Waals surface area contributed by atoms with E-state index in [9.17, 15) is 9.59 Å². The van der Waals surface area contributed by atoms with E-state index >= 15 is 0 Å². The van der Waals surface area contributed by atoms with Crippen LogP contribution in [0.15, 0.2) is 16.5 Å². The van der Waals surface area contributed by atoms with Gasteiger partial charge in [-0.2, -0.15) is 0 Å². The third-order valence-corrected chi connectivity index (χ3v) is 3.21. The van der Waals surface area contributed by atoms with Crippen LogP contribution in [0.1, 0.15) is 18.4 Å². The Kier molecular flexibility index (Phi) is 6.42. The summed E-state index contributed by atoms with van der Waals surface area (Å²) in [4.78, 5) is 26.9. The number of furan rings is 1. The molecular formula is C15H24N2O4. The van der Waals surface area contributed by atoms with Crippen LogP contribution in [-0.2, 0) is 20.9 Å². The van der Waals surface area contributed by atoms with Crippen molar-refractivity contribution in [2.24, 2.45) is 5.92 Å². The molecule has 0 saturated heterocycles. The summed E-state index contributed by atoms with van der Waals surface area (Å²) in [6.07, 6.45) is 0. The van der Waals surface area contributed by atoms with E-state index in [1.165, 1.54) is 7.11 Å². The molecule has 0 aliphatic rings. The van der Waals surface area contributed by atoms with Crippen molar-refractivity contribution in [3.63, 3.8) is 0 Å². The second-order valence-electron chi connectivity index (χ2n) is 5.38. The fraction of sp³-hybridized carbons (Fsp3) is 0.600. The van der Waals surface area contributed by atoms with Gasteiger partial charge in [0.05, 0.1) is 26.1 Å². The average Bonchev–Trinajstić information content (AvgIpc) is 2.82. The van der Waals surface area contributed by atoms with E-state index in [2.05, 4.69) is 4.74 Å². The van der Waals surface area contributed by atoms with Crippen molar-refractivity contribution in [1.29, 1.82) is 0 Å². The van der Waals surface area contributed by atoms with E-state index < -0.39 is 0 Å². The van der Waals surface area contributed by atoms with E-state index in [0.717, 1.165) is 11.5 Å². The minimum Gasteiger partial charge on any atom is -0.469 e. The standard InChI is InChI=1S/C15H24N2O4/c1-11(15(19)20-5)8-16(3)10-14(18)17(4)9-13-7-6-12(2)21-13/h6-7,11H,8-10H2,1-5H3. The molecular weight excluding hydrogens is 272 g/mol. The Hall–Kier alpha value is -1.82. The van der Waals surface area contributed by atoms with Gasteiger partial charge in [-0.05, 0) is 26.1 Å². The van der Waals surface area contributed by atoms with Gasteiger partial charge < -0.3 is 14.1 Å². The van der Waals surface area contributed by atoms with E-state index in [1.807, 2.05) is 31.0 Å². The largest absolute Gasteiger partial charge is 0.469 e. The Balaban J connectivity index is 2.42. The highest BCUT2D eigenvalue weighted by molar-refractivity contribution is 5.78. The second kappa shape index (κ2) is 7.83. The first-order valence-corrected chi connectivity index (χ1v) is 6.89. The molecule has 1 rings (SSSR count). The summed E-state index contributed by atoms with van der Waals surface area (Å²) in [5.74, 6) is 1.03. The lowest BCUT2D eigenvalue weighted by molar-refractivity contribution is -0.146. The number of esters is 1. The van der Waals surface area contributed by atoms with E-state index in [-0.39, 0.29) is 24.3 Å².